The van der Waals surface area contributed by atoms with E-state index in [0.717, 1.165) is 35.2 Å². The first-order valence-corrected chi connectivity index (χ1v) is 9.29. The highest BCUT2D eigenvalue weighted by molar-refractivity contribution is 6.30. The zero-order valence-electron chi connectivity index (χ0n) is 14.2. The van der Waals surface area contributed by atoms with Crippen LogP contribution >= 0.6 is 11.6 Å². The van der Waals surface area contributed by atoms with Gasteiger partial charge in [0, 0.05) is 55.3 Å². The van der Waals surface area contributed by atoms with Crippen LogP contribution in [0.3, 0.4) is 0 Å². The summed E-state index contributed by atoms with van der Waals surface area (Å²) in [6, 6.07) is 1.00. The van der Waals surface area contributed by atoms with Crippen LogP contribution in [0.25, 0.3) is 0 Å². The van der Waals surface area contributed by atoms with Gasteiger partial charge in [-0.15, -0.1) is 0 Å². The zero-order valence-corrected chi connectivity index (χ0v) is 14.9. The molecule has 6 heteroatoms. The van der Waals surface area contributed by atoms with Crippen LogP contribution in [0.15, 0.2) is 6.20 Å². The van der Waals surface area contributed by atoms with Crippen molar-refractivity contribution in [1.29, 1.82) is 0 Å². The van der Waals surface area contributed by atoms with Gasteiger partial charge in [-0.05, 0) is 32.6 Å². The van der Waals surface area contributed by atoms with E-state index < -0.39 is 0 Å². The molecule has 2 atom stereocenters. The fourth-order valence-corrected chi connectivity index (χ4v) is 4.64. The second kappa shape index (κ2) is 5.27. The van der Waals surface area contributed by atoms with Gasteiger partial charge in [0.15, 0.2) is 0 Å². The molecule has 3 aliphatic rings. The van der Waals surface area contributed by atoms with Gasteiger partial charge in [0.25, 0.3) is 0 Å². The molecule has 5 nitrogen and oxygen atoms in total. The molecule has 1 saturated carbocycles. The van der Waals surface area contributed by atoms with Crippen molar-refractivity contribution in [2.75, 3.05) is 0 Å². The molecular formula is C18H22ClN5. The van der Waals surface area contributed by atoms with Gasteiger partial charge in [0.05, 0.1) is 11.4 Å². The Morgan fingerprint density at radius 2 is 2.08 bits per heavy atom. The van der Waals surface area contributed by atoms with Gasteiger partial charge in [-0.2, -0.15) is 5.10 Å². The van der Waals surface area contributed by atoms with E-state index in [1.807, 2.05) is 14.0 Å². The normalized spacial score (nSPS) is 26.0. The van der Waals surface area contributed by atoms with E-state index in [1.54, 1.807) is 4.68 Å². The third-order valence-corrected chi connectivity index (χ3v) is 6.38. The molecule has 24 heavy (non-hydrogen) atoms. The Labute approximate surface area is 147 Å². The fraction of sp³-hybridized carbons (Fsp3) is 0.611. The van der Waals surface area contributed by atoms with Crippen molar-refractivity contribution in [3.05, 3.63) is 39.7 Å². The van der Waals surface area contributed by atoms with Crippen LogP contribution in [0.1, 0.15) is 66.0 Å². The van der Waals surface area contributed by atoms with Crippen LogP contribution in [0.2, 0.25) is 5.15 Å². The first-order valence-electron chi connectivity index (χ1n) is 8.91. The number of nitrogens with zero attached hydrogens (tertiary/aromatic N) is 5. The van der Waals surface area contributed by atoms with Crippen LogP contribution in [-0.2, 0) is 20.0 Å². The topological polar surface area (TPSA) is 46.8 Å². The molecule has 126 valence electrons. The van der Waals surface area contributed by atoms with Crippen LogP contribution in [-0.4, -0.2) is 30.7 Å². The maximum atomic E-state index is 6.46. The molecule has 4 heterocycles. The molecule has 0 radical (unpaired) electrons. The molecule has 0 aromatic carbocycles. The van der Waals surface area contributed by atoms with Crippen molar-refractivity contribution in [2.24, 2.45) is 7.05 Å². The highest BCUT2D eigenvalue weighted by Crippen LogP contribution is 2.45. The van der Waals surface area contributed by atoms with E-state index in [9.17, 15) is 0 Å². The SMILES string of the molecule is Cc1nn(C)c(Cl)c1CN1C2CCC1c1cnc(C3CC3)nc1C2. The van der Waals surface area contributed by atoms with Crippen molar-refractivity contribution in [2.45, 2.75) is 63.6 Å². The second-order valence-electron chi connectivity index (χ2n) is 7.51. The maximum absolute atomic E-state index is 6.46. The molecule has 0 spiro atoms. The lowest BCUT2D eigenvalue weighted by Gasteiger charge is -2.35. The number of aromatic nitrogens is 4. The number of halogens is 1. The highest BCUT2D eigenvalue weighted by Gasteiger charge is 2.42. The van der Waals surface area contributed by atoms with Gasteiger partial charge in [0.1, 0.15) is 11.0 Å². The summed E-state index contributed by atoms with van der Waals surface area (Å²) in [7, 11) is 1.91. The molecule has 2 fully saturated rings. The monoisotopic (exact) mass is 343 g/mol. The molecular weight excluding hydrogens is 322 g/mol. The molecule has 2 aromatic heterocycles. The number of hydrogen-bond acceptors (Lipinski definition) is 4. The summed E-state index contributed by atoms with van der Waals surface area (Å²) in [6.07, 6.45) is 8.10. The first-order chi connectivity index (χ1) is 11.6. The quantitative estimate of drug-likeness (QED) is 0.857. The summed E-state index contributed by atoms with van der Waals surface area (Å²) < 4.78 is 1.77. The third kappa shape index (κ3) is 2.21. The summed E-state index contributed by atoms with van der Waals surface area (Å²) in [6.45, 7) is 2.92. The number of rotatable bonds is 3. The highest BCUT2D eigenvalue weighted by atomic mass is 35.5. The molecule has 0 amide bonds. The fourth-order valence-electron chi connectivity index (χ4n) is 4.41. The predicted molar refractivity (Wildman–Crippen MR) is 92.0 cm³/mol. The first kappa shape index (κ1) is 14.8. The van der Waals surface area contributed by atoms with Crippen molar-refractivity contribution in [3.63, 3.8) is 0 Å². The summed E-state index contributed by atoms with van der Waals surface area (Å²) in [5.74, 6) is 1.70. The van der Waals surface area contributed by atoms with Gasteiger partial charge in [-0.25, -0.2) is 9.97 Å². The Bertz CT molecular complexity index is 810. The number of fused-ring (bicyclic) bond motifs is 4. The predicted octanol–water partition coefficient (Wildman–Crippen LogP) is 3.31. The largest absolute Gasteiger partial charge is 0.288 e. The molecule has 5 rings (SSSR count). The third-order valence-electron chi connectivity index (χ3n) is 5.90. The van der Waals surface area contributed by atoms with E-state index in [-0.39, 0.29) is 0 Å². The Kier molecular flexibility index (Phi) is 3.26. The second-order valence-corrected chi connectivity index (χ2v) is 7.86. The lowest BCUT2D eigenvalue weighted by Crippen LogP contribution is -2.37. The van der Waals surface area contributed by atoms with Gasteiger partial charge < -0.3 is 0 Å². The van der Waals surface area contributed by atoms with Crippen LogP contribution in [0, 0.1) is 6.92 Å². The van der Waals surface area contributed by atoms with Crippen LogP contribution < -0.4 is 0 Å². The summed E-state index contributed by atoms with van der Waals surface area (Å²) in [5, 5.41) is 5.22. The Hall–Kier alpha value is -1.46. The molecule has 1 saturated heterocycles. The lowest BCUT2D eigenvalue weighted by atomic mass is 9.98. The summed E-state index contributed by atoms with van der Waals surface area (Å²) in [4.78, 5) is 12.2. The molecule has 1 aliphatic carbocycles. The van der Waals surface area contributed by atoms with E-state index >= 15 is 0 Å². The Morgan fingerprint density at radius 1 is 1.25 bits per heavy atom. The average molecular weight is 344 g/mol. The van der Waals surface area contributed by atoms with Gasteiger partial charge in [0.2, 0.25) is 0 Å². The zero-order chi connectivity index (χ0) is 16.4. The molecule has 2 aliphatic heterocycles. The standard InChI is InChI=1S/C18H22ClN5/c1-10-14(17(19)23(2)22-10)9-24-12-5-6-16(24)13-8-20-18(11-3-4-11)21-15(13)7-12/h8,11-12,16H,3-7,9H2,1-2H3. The van der Waals surface area contributed by atoms with E-state index in [0.29, 0.717) is 18.0 Å². The molecule has 2 aromatic rings. The minimum atomic E-state index is 0.433. The Balaban J connectivity index is 1.47. The number of aryl methyl sites for hydroxylation is 2. The maximum Gasteiger partial charge on any atom is 0.131 e. The van der Waals surface area contributed by atoms with Crippen LogP contribution in [0.5, 0.6) is 0 Å². The smallest absolute Gasteiger partial charge is 0.131 e. The molecule has 2 bridgehead atoms. The minimum Gasteiger partial charge on any atom is -0.288 e. The minimum absolute atomic E-state index is 0.433. The summed E-state index contributed by atoms with van der Waals surface area (Å²) >= 11 is 6.46. The average Bonchev–Trinajstić information content (AvgIpc) is 3.33. The number of hydrogen-bond donors (Lipinski definition) is 0. The molecule has 2 unspecified atom stereocenters. The van der Waals surface area contributed by atoms with Crippen molar-refractivity contribution < 1.29 is 0 Å². The molecule has 0 N–H and O–H groups in total. The van der Waals surface area contributed by atoms with E-state index in [1.165, 1.54) is 36.9 Å². The van der Waals surface area contributed by atoms with Crippen molar-refractivity contribution >= 4 is 11.6 Å². The van der Waals surface area contributed by atoms with Crippen LogP contribution in [0.4, 0.5) is 0 Å². The summed E-state index contributed by atoms with van der Waals surface area (Å²) in [5.41, 5.74) is 4.83. The van der Waals surface area contributed by atoms with E-state index in [2.05, 4.69) is 21.2 Å². The van der Waals surface area contributed by atoms with Crippen molar-refractivity contribution in [1.82, 2.24) is 24.6 Å². The van der Waals surface area contributed by atoms with Gasteiger partial charge in [-0.1, -0.05) is 11.6 Å². The Morgan fingerprint density at radius 3 is 2.79 bits per heavy atom. The lowest BCUT2D eigenvalue weighted by molar-refractivity contribution is 0.165. The van der Waals surface area contributed by atoms with Gasteiger partial charge in [-0.3, -0.25) is 9.58 Å². The van der Waals surface area contributed by atoms with Crippen molar-refractivity contribution in [3.8, 4) is 0 Å². The van der Waals surface area contributed by atoms with E-state index in [4.69, 9.17) is 16.6 Å². The van der Waals surface area contributed by atoms with Gasteiger partial charge >= 0.3 is 0 Å².